The highest BCUT2D eigenvalue weighted by Crippen LogP contribution is 2.22. The van der Waals surface area contributed by atoms with Gasteiger partial charge >= 0.3 is 0 Å². The van der Waals surface area contributed by atoms with Crippen molar-refractivity contribution in [1.29, 1.82) is 5.26 Å². The molecule has 1 aliphatic rings. The molecule has 1 heterocycles. The molecule has 0 saturated carbocycles. The van der Waals surface area contributed by atoms with Gasteiger partial charge in [0, 0.05) is 6.54 Å². The van der Waals surface area contributed by atoms with E-state index in [9.17, 15) is 0 Å². The van der Waals surface area contributed by atoms with Gasteiger partial charge in [-0.3, -0.25) is 0 Å². The van der Waals surface area contributed by atoms with Crippen molar-refractivity contribution in [3.05, 3.63) is 35.4 Å². The highest BCUT2D eigenvalue weighted by molar-refractivity contribution is 5.85. The molecule has 1 atom stereocenters. The van der Waals surface area contributed by atoms with E-state index in [0.717, 1.165) is 18.7 Å². The van der Waals surface area contributed by atoms with Crippen molar-refractivity contribution in [2.75, 3.05) is 13.1 Å². The maximum absolute atomic E-state index is 8.74. The minimum atomic E-state index is 0. The van der Waals surface area contributed by atoms with E-state index in [4.69, 9.17) is 5.26 Å². The molecule has 1 saturated heterocycles. The van der Waals surface area contributed by atoms with Crippen LogP contribution in [0.3, 0.4) is 0 Å². The average Bonchev–Trinajstić information content (AvgIpc) is 2.71. The molecule has 0 spiro atoms. The van der Waals surface area contributed by atoms with Crippen LogP contribution in [0.4, 0.5) is 0 Å². The minimum Gasteiger partial charge on any atom is -0.316 e. The Kier molecular flexibility index (Phi) is 3.94. The quantitative estimate of drug-likeness (QED) is 0.767. The maximum Gasteiger partial charge on any atom is 0.0991 e. The molecule has 1 N–H and O–H groups in total. The zero-order valence-electron chi connectivity index (χ0n) is 7.86. The van der Waals surface area contributed by atoms with Crippen molar-refractivity contribution in [3.63, 3.8) is 0 Å². The third kappa shape index (κ3) is 2.25. The van der Waals surface area contributed by atoms with Gasteiger partial charge in [-0.1, -0.05) is 12.1 Å². The van der Waals surface area contributed by atoms with Crippen molar-refractivity contribution in [3.8, 4) is 6.07 Å². The van der Waals surface area contributed by atoms with E-state index in [2.05, 4.69) is 17.5 Å². The van der Waals surface area contributed by atoms with Gasteiger partial charge in [-0.2, -0.15) is 5.26 Å². The van der Waals surface area contributed by atoms with Crippen LogP contribution >= 0.6 is 12.4 Å². The van der Waals surface area contributed by atoms with Gasteiger partial charge in [0.05, 0.1) is 11.6 Å². The summed E-state index contributed by atoms with van der Waals surface area (Å²) in [6.07, 6.45) is 1.19. The molecule has 0 unspecified atom stereocenters. The molecular weight excluding hydrogens is 196 g/mol. The minimum absolute atomic E-state index is 0. The summed E-state index contributed by atoms with van der Waals surface area (Å²) in [6.45, 7) is 2.15. The summed E-state index contributed by atoms with van der Waals surface area (Å²) in [5, 5.41) is 12.1. The van der Waals surface area contributed by atoms with E-state index in [1.165, 1.54) is 12.0 Å². The molecule has 1 aromatic rings. The second-order valence-electron chi connectivity index (χ2n) is 3.43. The van der Waals surface area contributed by atoms with Crippen LogP contribution in [0, 0.1) is 11.3 Å². The van der Waals surface area contributed by atoms with Gasteiger partial charge in [0.25, 0.3) is 0 Å². The Hall–Kier alpha value is -1.04. The van der Waals surface area contributed by atoms with Gasteiger partial charge in [0.1, 0.15) is 0 Å². The monoisotopic (exact) mass is 208 g/mol. The van der Waals surface area contributed by atoms with Gasteiger partial charge in [-0.25, -0.2) is 0 Å². The first-order valence-corrected chi connectivity index (χ1v) is 4.61. The first-order valence-electron chi connectivity index (χ1n) is 4.61. The van der Waals surface area contributed by atoms with Crippen LogP contribution in [0.15, 0.2) is 24.3 Å². The Morgan fingerprint density at radius 1 is 1.43 bits per heavy atom. The fourth-order valence-electron chi connectivity index (χ4n) is 1.80. The molecule has 0 bridgehead atoms. The fourth-order valence-corrected chi connectivity index (χ4v) is 1.80. The molecule has 14 heavy (non-hydrogen) atoms. The number of benzene rings is 1. The van der Waals surface area contributed by atoms with E-state index >= 15 is 0 Å². The Balaban J connectivity index is 0.000000980. The fraction of sp³-hybridized carbons (Fsp3) is 0.364. The average molecular weight is 209 g/mol. The number of nitrogens with one attached hydrogen (secondary N) is 1. The molecule has 2 rings (SSSR count). The van der Waals surface area contributed by atoms with Crippen LogP contribution < -0.4 is 5.32 Å². The number of nitriles is 1. The summed E-state index contributed by atoms with van der Waals surface area (Å²) < 4.78 is 0. The molecule has 0 amide bonds. The van der Waals surface area contributed by atoms with Crippen LogP contribution in [0.25, 0.3) is 0 Å². The number of hydrogen-bond donors (Lipinski definition) is 1. The van der Waals surface area contributed by atoms with Crippen molar-refractivity contribution in [2.24, 2.45) is 0 Å². The lowest BCUT2D eigenvalue weighted by Crippen LogP contribution is -2.07. The topological polar surface area (TPSA) is 35.8 Å². The molecule has 0 radical (unpaired) electrons. The lowest BCUT2D eigenvalue weighted by Gasteiger charge is -2.07. The first-order chi connectivity index (χ1) is 6.40. The van der Waals surface area contributed by atoms with E-state index in [1.54, 1.807) is 0 Å². The summed E-state index contributed by atoms with van der Waals surface area (Å²) in [5.74, 6) is 0.605. The van der Waals surface area contributed by atoms with Crippen molar-refractivity contribution >= 4 is 12.4 Å². The third-order valence-corrected chi connectivity index (χ3v) is 2.55. The van der Waals surface area contributed by atoms with Gasteiger partial charge in [-0.15, -0.1) is 12.4 Å². The standard InChI is InChI=1S/C11H12N2.ClH/c12-7-9-2-1-3-10(6-9)11-4-5-13-8-11;/h1-3,6,11,13H,4-5,8H2;1H/t11-;/m0./s1. The molecule has 2 nitrogen and oxygen atoms in total. The summed E-state index contributed by atoms with van der Waals surface area (Å²) in [7, 11) is 0. The Morgan fingerprint density at radius 3 is 2.93 bits per heavy atom. The number of hydrogen-bond acceptors (Lipinski definition) is 2. The smallest absolute Gasteiger partial charge is 0.0991 e. The number of nitrogens with zero attached hydrogens (tertiary/aromatic N) is 1. The van der Waals surface area contributed by atoms with Crippen LogP contribution in [0.2, 0.25) is 0 Å². The normalized spacial score (nSPS) is 19.8. The van der Waals surface area contributed by atoms with Gasteiger partial charge in [0.15, 0.2) is 0 Å². The summed E-state index contributed by atoms with van der Waals surface area (Å²) >= 11 is 0. The second-order valence-corrected chi connectivity index (χ2v) is 3.43. The number of rotatable bonds is 1. The largest absolute Gasteiger partial charge is 0.316 e. The van der Waals surface area contributed by atoms with Gasteiger partial charge in [0.2, 0.25) is 0 Å². The van der Waals surface area contributed by atoms with Gasteiger partial charge < -0.3 is 5.32 Å². The molecular formula is C11H13ClN2. The zero-order valence-corrected chi connectivity index (χ0v) is 8.68. The zero-order chi connectivity index (χ0) is 9.10. The summed E-state index contributed by atoms with van der Waals surface area (Å²) in [5.41, 5.74) is 2.06. The van der Waals surface area contributed by atoms with E-state index in [-0.39, 0.29) is 12.4 Å². The Labute approximate surface area is 90.3 Å². The van der Waals surface area contributed by atoms with Crippen LogP contribution in [0.1, 0.15) is 23.5 Å². The Morgan fingerprint density at radius 2 is 2.29 bits per heavy atom. The molecule has 74 valence electrons. The van der Waals surface area contributed by atoms with Crippen molar-refractivity contribution in [1.82, 2.24) is 5.32 Å². The number of halogens is 1. The molecule has 0 aromatic heterocycles. The van der Waals surface area contributed by atoms with Gasteiger partial charge in [-0.05, 0) is 36.6 Å². The molecule has 0 aliphatic carbocycles. The highest BCUT2D eigenvalue weighted by Gasteiger charge is 2.16. The van der Waals surface area contributed by atoms with E-state index < -0.39 is 0 Å². The van der Waals surface area contributed by atoms with Crippen LogP contribution in [-0.4, -0.2) is 13.1 Å². The third-order valence-electron chi connectivity index (χ3n) is 2.55. The van der Waals surface area contributed by atoms with E-state index in [0.29, 0.717) is 5.92 Å². The van der Waals surface area contributed by atoms with Crippen molar-refractivity contribution in [2.45, 2.75) is 12.3 Å². The summed E-state index contributed by atoms with van der Waals surface area (Å²) in [4.78, 5) is 0. The second kappa shape index (κ2) is 4.99. The Bertz CT molecular complexity index is 337. The highest BCUT2D eigenvalue weighted by atomic mass is 35.5. The lowest BCUT2D eigenvalue weighted by molar-refractivity contribution is 0.763. The van der Waals surface area contributed by atoms with Crippen LogP contribution in [-0.2, 0) is 0 Å². The van der Waals surface area contributed by atoms with E-state index in [1.807, 2.05) is 18.2 Å². The molecule has 1 aromatic carbocycles. The maximum atomic E-state index is 8.74. The molecule has 1 fully saturated rings. The van der Waals surface area contributed by atoms with Crippen LogP contribution in [0.5, 0.6) is 0 Å². The molecule has 3 heteroatoms. The molecule has 1 aliphatic heterocycles. The predicted molar refractivity (Wildman–Crippen MR) is 58.6 cm³/mol. The lowest BCUT2D eigenvalue weighted by atomic mass is 9.97. The summed E-state index contributed by atoms with van der Waals surface area (Å²) in [6, 6.07) is 10.1. The van der Waals surface area contributed by atoms with Crippen molar-refractivity contribution < 1.29 is 0 Å². The SMILES string of the molecule is Cl.N#Cc1cccc([C@H]2CCNC2)c1. The predicted octanol–water partition coefficient (Wildman–Crippen LogP) is 2.06. The first kappa shape index (κ1) is 11.0.